The monoisotopic (exact) mass is 357 g/mol. The number of benzene rings is 1. The van der Waals surface area contributed by atoms with Crippen LogP contribution >= 0.6 is 15.9 Å². The molecule has 1 aliphatic rings. The fourth-order valence-corrected chi connectivity index (χ4v) is 2.88. The summed E-state index contributed by atoms with van der Waals surface area (Å²) in [4.78, 5) is 0. The first-order valence-corrected chi connectivity index (χ1v) is 8.33. The molecule has 21 heavy (non-hydrogen) atoms. The van der Waals surface area contributed by atoms with Crippen LogP contribution in [0.15, 0.2) is 22.7 Å². The van der Waals surface area contributed by atoms with Crippen molar-refractivity contribution in [1.82, 2.24) is 5.32 Å². The van der Waals surface area contributed by atoms with Gasteiger partial charge < -0.3 is 19.9 Å². The normalized spacial score (nSPS) is 17.7. The molecule has 0 amide bonds. The Hall–Kier alpha value is -0.620. The quantitative estimate of drug-likeness (QED) is 0.787. The standard InChI is InChI=1S/C16H24BrNO3/c1-2-7-21-15-4-3-14(17)10-13(15)11-18-16(12-19)5-8-20-9-6-16/h3-4,10,18-19H,2,5-9,11-12H2,1H3. The predicted octanol–water partition coefficient (Wildman–Crippen LogP) is 2.87. The van der Waals surface area contributed by atoms with Crippen molar-refractivity contribution in [2.75, 3.05) is 26.4 Å². The highest BCUT2D eigenvalue weighted by Crippen LogP contribution is 2.26. The first-order chi connectivity index (χ1) is 10.2. The fourth-order valence-electron chi connectivity index (χ4n) is 2.47. The summed E-state index contributed by atoms with van der Waals surface area (Å²) in [7, 11) is 0. The average molecular weight is 358 g/mol. The maximum atomic E-state index is 9.73. The number of halogens is 1. The number of nitrogens with one attached hydrogen (secondary N) is 1. The molecule has 0 aliphatic carbocycles. The second-order valence-electron chi connectivity index (χ2n) is 5.50. The van der Waals surface area contributed by atoms with Crippen LogP contribution in [-0.4, -0.2) is 37.1 Å². The van der Waals surface area contributed by atoms with Crippen molar-refractivity contribution >= 4 is 15.9 Å². The molecule has 2 rings (SSSR count). The number of hydrogen-bond donors (Lipinski definition) is 2. The molecule has 0 atom stereocenters. The molecule has 1 saturated heterocycles. The van der Waals surface area contributed by atoms with Gasteiger partial charge in [-0.15, -0.1) is 0 Å². The van der Waals surface area contributed by atoms with Gasteiger partial charge in [-0.3, -0.25) is 0 Å². The van der Waals surface area contributed by atoms with Gasteiger partial charge in [0.15, 0.2) is 0 Å². The minimum Gasteiger partial charge on any atom is -0.493 e. The zero-order valence-corrected chi connectivity index (χ0v) is 14.1. The zero-order valence-electron chi connectivity index (χ0n) is 12.5. The Balaban J connectivity index is 2.05. The van der Waals surface area contributed by atoms with Crippen LogP contribution in [-0.2, 0) is 11.3 Å². The summed E-state index contributed by atoms with van der Waals surface area (Å²) in [6, 6.07) is 6.06. The van der Waals surface area contributed by atoms with Crippen LogP contribution in [0.2, 0.25) is 0 Å². The third-order valence-electron chi connectivity index (χ3n) is 3.89. The van der Waals surface area contributed by atoms with Crippen LogP contribution in [0.3, 0.4) is 0 Å². The van der Waals surface area contributed by atoms with E-state index in [4.69, 9.17) is 9.47 Å². The maximum Gasteiger partial charge on any atom is 0.123 e. The molecule has 0 radical (unpaired) electrons. The molecule has 1 fully saturated rings. The van der Waals surface area contributed by atoms with Crippen LogP contribution in [0.25, 0.3) is 0 Å². The zero-order chi connectivity index (χ0) is 15.1. The Bertz CT molecular complexity index is 447. The lowest BCUT2D eigenvalue weighted by Crippen LogP contribution is -2.51. The van der Waals surface area contributed by atoms with Gasteiger partial charge in [0.05, 0.1) is 13.2 Å². The number of hydrogen-bond acceptors (Lipinski definition) is 4. The first-order valence-electron chi connectivity index (χ1n) is 7.54. The molecule has 0 saturated carbocycles. The Morgan fingerprint density at radius 3 is 2.81 bits per heavy atom. The SMILES string of the molecule is CCCOc1ccc(Br)cc1CNC1(CO)CCOCC1. The molecule has 2 N–H and O–H groups in total. The van der Waals surface area contributed by atoms with Crippen molar-refractivity contribution in [1.29, 1.82) is 0 Å². The Morgan fingerprint density at radius 2 is 2.14 bits per heavy atom. The van der Waals surface area contributed by atoms with E-state index in [1.165, 1.54) is 0 Å². The van der Waals surface area contributed by atoms with E-state index in [0.29, 0.717) is 26.4 Å². The molecular formula is C16H24BrNO3. The molecule has 0 unspecified atom stereocenters. The van der Waals surface area contributed by atoms with E-state index in [9.17, 15) is 5.11 Å². The highest BCUT2D eigenvalue weighted by atomic mass is 79.9. The van der Waals surface area contributed by atoms with Gasteiger partial charge in [-0.1, -0.05) is 22.9 Å². The molecular weight excluding hydrogens is 334 g/mol. The van der Waals surface area contributed by atoms with Crippen LogP contribution in [0, 0.1) is 0 Å². The van der Waals surface area contributed by atoms with E-state index < -0.39 is 0 Å². The van der Waals surface area contributed by atoms with E-state index in [2.05, 4.69) is 34.2 Å². The molecule has 0 spiro atoms. The number of rotatable bonds is 7. The van der Waals surface area contributed by atoms with E-state index in [0.717, 1.165) is 35.0 Å². The smallest absolute Gasteiger partial charge is 0.123 e. The molecule has 1 aromatic carbocycles. The topological polar surface area (TPSA) is 50.7 Å². The van der Waals surface area contributed by atoms with Crippen LogP contribution in [0.5, 0.6) is 5.75 Å². The van der Waals surface area contributed by atoms with Crippen molar-refractivity contribution in [3.05, 3.63) is 28.2 Å². The number of ether oxygens (including phenoxy) is 2. The van der Waals surface area contributed by atoms with Crippen molar-refractivity contribution in [2.24, 2.45) is 0 Å². The van der Waals surface area contributed by atoms with E-state index in [1.54, 1.807) is 0 Å². The Labute approximate surface area is 135 Å². The molecule has 4 nitrogen and oxygen atoms in total. The maximum absolute atomic E-state index is 9.73. The van der Waals surface area contributed by atoms with E-state index >= 15 is 0 Å². The first kappa shape index (κ1) is 16.7. The summed E-state index contributed by atoms with van der Waals surface area (Å²) in [6.07, 6.45) is 2.66. The van der Waals surface area contributed by atoms with Gasteiger partial charge in [-0.25, -0.2) is 0 Å². The third-order valence-corrected chi connectivity index (χ3v) is 4.38. The van der Waals surface area contributed by atoms with Crippen molar-refractivity contribution < 1.29 is 14.6 Å². The van der Waals surface area contributed by atoms with Gasteiger partial charge in [0.2, 0.25) is 0 Å². The van der Waals surface area contributed by atoms with Crippen molar-refractivity contribution in [3.63, 3.8) is 0 Å². The van der Waals surface area contributed by atoms with E-state index in [1.807, 2.05) is 12.1 Å². The lowest BCUT2D eigenvalue weighted by Gasteiger charge is -2.36. The van der Waals surface area contributed by atoms with Gasteiger partial charge in [0.25, 0.3) is 0 Å². The largest absolute Gasteiger partial charge is 0.493 e. The summed E-state index contributed by atoms with van der Waals surface area (Å²) >= 11 is 3.51. The van der Waals surface area contributed by atoms with Crippen LogP contribution in [0.1, 0.15) is 31.7 Å². The van der Waals surface area contributed by atoms with Gasteiger partial charge in [0, 0.05) is 35.3 Å². The molecule has 0 aromatic heterocycles. The number of aliphatic hydroxyl groups is 1. The molecule has 1 aliphatic heterocycles. The fraction of sp³-hybridized carbons (Fsp3) is 0.625. The van der Waals surface area contributed by atoms with Crippen molar-refractivity contribution in [2.45, 2.75) is 38.3 Å². The van der Waals surface area contributed by atoms with Gasteiger partial charge in [-0.05, 0) is 37.5 Å². The second-order valence-corrected chi connectivity index (χ2v) is 6.42. The molecule has 1 aromatic rings. The average Bonchev–Trinajstić information content (AvgIpc) is 2.53. The lowest BCUT2D eigenvalue weighted by atomic mass is 9.90. The summed E-state index contributed by atoms with van der Waals surface area (Å²) in [5.74, 6) is 0.910. The third kappa shape index (κ3) is 4.68. The summed E-state index contributed by atoms with van der Waals surface area (Å²) in [5.41, 5.74) is 0.875. The minimum absolute atomic E-state index is 0.134. The summed E-state index contributed by atoms with van der Waals surface area (Å²) in [5, 5.41) is 13.2. The van der Waals surface area contributed by atoms with Crippen LogP contribution in [0.4, 0.5) is 0 Å². The second kappa shape index (κ2) is 8.13. The molecule has 0 bridgehead atoms. The lowest BCUT2D eigenvalue weighted by molar-refractivity contribution is 0.0111. The molecule has 5 heteroatoms. The Kier molecular flexibility index (Phi) is 6.48. The number of aliphatic hydroxyl groups excluding tert-OH is 1. The van der Waals surface area contributed by atoms with E-state index in [-0.39, 0.29) is 12.1 Å². The Morgan fingerprint density at radius 1 is 1.38 bits per heavy atom. The molecule has 118 valence electrons. The van der Waals surface area contributed by atoms with Crippen molar-refractivity contribution in [3.8, 4) is 5.75 Å². The van der Waals surface area contributed by atoms with Gasteiger partial charge >= 0.3 is 0 Å². The summed E-state index contributed by atoms with van der Waals surface area (Å²) in [6.45, 7) is 5.03. The van der Waals surface area contributed by atoms with Crippen LogP contribution < -0.4 is 10.1 Å². The predicted molar refractivity (Wildman–Crippen MR) is 86.6 cm³/mol. The molecule has 1 heterocycles. The highest BCUT2D eigenvalue weighted by Gasteiger charge is 2.31. The minimum atomic E-state index is -0.234. The van der Waals surface area contributed by atoms with Gasteiger partial charge in [-0.2, -0.15) is 0 Å². The van der Waals surface area contributed by atoms with Gasteiger partial charge in [0.1, 0.15) is 5.75 Å². The summed E-state index contributed by atoms with van der Waals surface area (Å²) < 4.78 is 12.2. The highest BCUT2D eigenvalue weighted by molar-refractivity contribution is 9.10.